The standard InChI is InChI=1S/C21H24ClNO4/c1-14(2)17-9-8-15(3)10-19(17)26-13-21(25)27-12-20(24)23-11-16-6-4-5-7-18(16)22/h4-10,14H,11-13H2,1-3H3,(H,23,24). The Kier molecular flexibility index (Phi) is 7.67. The molecule has 0 radical (unpaired) electrons. The van der Waals surface area contributed by atoms with Crippen molar-refractivity contribution in [2.45, 2.75) is 33.2 Å². The lowest BCUT2D eigenvalue weighted by Gasteiger charge is -2.14. The Labute approximate surface area is 164 Å². The molecule has 5 nitrogen and oxygen atoms in total. The summed E-state index contributed by atoms with van der Waals surface area (Å²) in [6, 6.07) is 13.1. The lowest BCUT2D eigenvalue weighted by molar-refractivity contribution is -0.150. The van der Waals surface area contributed by atoms with E-state index in [1.54, 1.807) is 6.07 Å². The molecule has 0 saturated carbocycles. The molecule has 0 aromatic heterocycles. The molecule has 144 valence electrons. The molecule has 0 saturated heterocycles. The van der Waals surface area contributed by atoms with E-state index >= 15 is 0 Å². The Hall–Kier alpha value is -2.53. The van der Waals surface area contributed by atoms with Crippen molar-refractivity contribution in [1.29, 1.82) is 0 Å². The monoisotopic (exact) mass is 389 g/mol. The van der Waals surface area contributed by atoms with Crippen LogP contribution in [0.1, 0.15) is 36.5 Å². The van der Waals surface area contributed by atoms with Crippen LogP contribution in [-0.4, -0.2) is 25.1 Å². The third-order valence-corrected chi connectivity index (χ3v) is 4.30. The first-order valence-corrected chi connectivity index (χ1v) is 9.13. The number of hydrogen-bond acceptors (Lipinski definition) is 4. The molecule has 0 aliphatic carbocycles. The first kappa shape index (κ1) is 20.8. The molecule has 0 fully saturated rings. The van der Waals surface area contributed by atoms with E-state index in [-0.39, 0.29) is 25.7 Å². The van der Waals surface area contributed by atoms with Gasteiger partial charge in [0.2, 0.25) is 0 Å². The van der Waals surface area contributed by atoms with Crippen LogP contribution in [0.25, 0.3) is 0 Å². The van der Waals surface area contributed by atoms with Crippen molar-refractivity contribution >= 4 is 23.5 Å². The topological polar surface area (TPSA) is 64.6 Å². The second kappa shape index (κ2) is 9.97. The van der Waals surface area contributed by atoms with Gasteiger partial charge >= 0.3 is 5.97 Å². The first-order valence-electron chi connectivity index (χ1n) is 8.76. The van der Waals surface area contributed by atoms with Crippen LogP contribution in [0.5, 0.6) is 5.75 Å². The summed E-state index contributed by atoms with van der Waals surface area (Å²) >= 11 is 6.03. The third-order valence-electron chi connectivity index (χ3n) is 3.93. The van der Waals surface area contributed by atoms with Gasteiger partial charge in [0, 0.05) is 11.6 Å². The van der Waals surface area contributed by atoms with E-state index in [9.17, 15) is 9.59 Å². The maximum absolute atomic E-state index is 11.9. The lowest BCUT2D eigenvalue weighted by Crippen LogP contribution is -2.29. The highest BCUT2D eigenvalue weighted by Crippen LogP contribution is 2.27. The van der Waals surface area contributed by atoms with Crippen molar-refractivity contribution in [2.75, 3.05) is 13.2 Å². The van der Waals surface area contributed by atoms with E-state index in [0.717, 1.165) is 16.7 Å². The molecule has 27 heavy (non-hydrogen) atoms. The number of aryl methyl sites for hydroxylation is 1. The van der Waals surface area contributed by atoms with E-state index in [2.05, 4.69) is 19.2 Å². The smallest absolute Gasteiger partial charge is 0.344 e. The Morgan fingerprint density at radius 2 is 1.85 bits per heavy atom. The van der Waals surface area contributed by atoms with Crippen LogP contribution in [0, 0.1) is 6.92 Å². The van der Waals surface area contributed by atoms with Gasteiger partial charge in [0.05, 0.1) is 0 Å². The summed E-state index contributed by atoms with van der Waals surface area (Å²) < 4.78 is 10.6. The van der Waals surface area contributed by atoms with E-state index in [1.165, 1.54) is 0 Å². The number of nitrogens with one attached hydrogen (secondary N) is 1. The number of amides is 1. The molecule has 0 aliphatic rings. The van der Waals surface area contributed by atoms with E-state index in [4.69, 9.17) is 21.1 Å². The SMILES string of the molecule is Cc1ccc(C(C)C)c(OCC(=O)OCC(=O)NCc2ccccc2Cl)c1. The summed E-state index contributed by atoms with van der Waals surface area (Å²) in [7, 11) is 0. The van der Waals surface area contributed by atoms with E-state index in [1.807, 2.05) is 43.3 Å². The predicted molar refractivity (Wildman–Crippen MR) is 105 cm³/mol. The van der Waals surface area contributed by atoms with Crippen LogP contribution >= 0.6 is 11.6 Å². The minimum Gasteiger partial charge on any atom is -0.482 e. The molecule has 1 amide bonds. The Morgan fingerprint density at radius 3 is 2.56 bits per heavy atom. The molecule has 2 aromatic rings. The fourth-order valence-electron chi connectivity index (χ4n) is 2.45. The number of ether oxygens (including phenoxy) is 2. The van der Waals surface area contributed by atoms with Gasteiger partial charge in [0.1, 0.15) is 5.75 Å². The fourth-order valence-corrected chi connectivity index (χ4v) is 2.66. The summed E-state index contributed by atoms with van der Waals surface area (Å²) in [5.41, 5.74) is 2.86. The molecular formula is C21H24ClNO4. The number of carbonyl (C=O) groups is 2. The Balaban J connectivity index is 1.77. The van der Waals surface area contributed by atoms with Gasteiger partial charge < -0.3 is 14.8 Å². The molecule has 0 bridgehead atoms. The van der Waals surface area contributed by atoms with E-state index < -0.39 is 11.9 Å². The predicted octanol–water partition coefficient (Wildman–Crippen LogP) is 4.01. The summed E-state index contributed by atoms with van der Waals surface area (Å²) in [5, 5.41) is 3.23. The molecular weight excluding hydrogens is 366 g/mol. The molecule has 0 heterocycles. The van der Waals surface area contributed by atoms with Crippen molar-refractivity contribution in [3.05, 3.63) is 64.2 Å². The van der Waals surface area contributed by atoms with Crippen LogP contribution in [0.15, 0.2) is 42.5 Å². The third kappa shape index (κ3) is 6.61. The maximum atomic E-state index is 11.9. The molecule has 0 atom stereocenters. The summed E-state index contributed by atoms with van der Waals surface area (Å²) in [4.78, 5) is 23.7. The van der Waals surface area contributed by atoms with Crippen molar-refractivity contribution < 1.29 is 19.1 Å². The van der Waals surface area contributed by atoms with Crippen LogP contribution in [0.3, 0.4) is 0 Å². The average molecular weight is 390 g/mol. The summed E-state index contributed by atoms with van der Waals surface area (Å²) in [6.45, 7) is 5.73. The zero-order valence-electron chi connectivity index (χ0n) is 15.8. The van der Waals surface area contributed by atoms with Crippen LogP contribution in [0.2, 0.25) is 5.02 Å². The van der Waals surface area contributed by atoms with Crippen LogP contribution in [-0.2, 0) is 20.9 Å². The summed E-state index contributed by atoms with van der Waals surface area (Å²) in [5.74, 6) is -0.0712. The highest BCUT2D eigenvalue weighted by molar-refractivity contribution is 6.31. The van der Waals surface area contributed by atoms with Crippen LogP contribution < -0.4 is 10.1 Å². The minimum absolute atomic E-state index is 0.249. The molecule has 2 rings (SSSR count). The van der Waals surface area contributed by atoms with Gasteiger partial charge in [-0.15, -0.1) is 0 Å². The minimum atomic E-state index is -0.598. The summed E-state index contributed by atoms with van der Waals surface area (Å²) in [6.07, 6.45) is 0. The number of carbonyl (C=O) groups excluding carboxylic acids is 2. The van der Waals surface area contributed by atoms with Gasteiger partial charge in [-0.25, -0.2) is 4.79 Å². The van der Waals surface area contributed by atoms with Gasteiger partial charge in [0.25, 0.3) is 5.91 Å². The average Bonchev–Trinajstić information content (AvgIpc) is 2.63. The maximum Gasteiger partial charge on any atom is 0.344 e. The van der Waals surface area contributed by atoms with Gasteiger partial charge in [-0.2, -0.15) is 0 Å². The highest BCUT2D eigenvalue weighted by atomic mass is 35.5. The molecule has 0 spiro atoms. The number of rotatable bonds is 8. The second-order valence-electron chi connectivity index (χ2n) is 6.51. The fraction of sp³-hybridized carbons (Fsp3) is 0.333. The number of hydrogen-bond donors (Lipinski definition) is 1. The second-order valence-corrected chi connectivity index (χ2v) is 6.92. The van der Waals surface area contributed by atoms with Crippen LogP contribution in [0.4, 0.5) is 0 Å². The Morgan fingerprint density at radius 1 is 1.11 bits per heavy atom. The number of benzene rings is 2. The lowest BCUT2D eigenvalue weighted by atomic mass is 10.0. The van der Waals surface area contributed by atoms with Gasteiger partial charge in [0.15, 0.2) is 13.2 Å². The molecule has 1 N–H and O–H groups in total. The van der Waals surface area contributed by atoms with Crippen molar-refractivity contribution in [3.63, 3.8) is 0 Å². The largest absolute Gasteiger partial charge is 0.482 e. The van der Waals surface area contributed by atoms with Gasteiger partial charge in [-0.05, 0) is 41.7 Å². The molecule has 2 aromatic carbocycles. The van der Waals surface area contributed by atoms with E-state index in [0.29, 0.717) is 10.8 Å². The van der Waals surface area contributed by atoms with Crippen molar-refractivity contribution in [1.82, 2.24) is 5.32 Å². The quantitative estimate of drug-likeness (QED) is 0.693. The number of halogens is 1. The highest BCUT2D eigenvalue weighted by Gasteiger charge is 2.12. The molecule has 6 heteroatoms. The zero-order chi connectivity index (χ0) is 19.8. The molecule has 0 aliphatic heterocycles. The van der Waals surface area contributed by atoms with Gasteiger partial charge in [-0.3, -0.25) is 4.79 Å². The normalized spacial score (nSPS) is 10.6. The van der Waals surface area contributed by atoms with Crippen molar-refractivity contribution in [2.24, 2.45) is 0 Å². The molecule has 0 unspecified atom stereocenters. The number of esters is 1. The van der Waals surface area contributed by atoms with Gasteiger partial charge in [-0.1, -0.05) is 55.8 Å². The Bertz CT molecular complexity index is 805. The zero-order valence-corrected chi connectivity index (χ0v) is 16.5. The van der Waals surface area contributed by atoms with Crippen molar-refractivity contribution in [3.8, 4) is 5.75 Å². The first-order chi connectivity index (χ1) is 12.9.